The molecule has 3 rings (SSSR count). The summed E-state index contributed by atoms with van der Waals surface area (Å²) in [6.07, 6.45) is 7.63. The Balaban J connectivity index is 1.54. The molecule has 0 aromatic carbocycles. The SMILES string of the molecule is C[C@@H](C1CCC1)N1CCC(=O)N(CC2CC2)CC1. The van der Waals surface area contributed by atoms with E-state index in [1.165, 1.54) is 32.1 Å². The molecule has 0 N–H and O–H groups in total. The maximum Gasteiger partial charge on any atom is 0.223 e. The van der Waals surface area contributed by atoms with Crippen LogP contribution in [-0.4, -0.2) is 47.9 Å². The zero-order valence-electron chi connectivity index (χ0n) is 11.6. The van der Waals surface area contributed by atoms with Gasteiger partial charge in [0.15, 0.2) is 0 Å². The Bertz CT molecular complexity index is 310. The summed E-state index contributed by atoms with van der Waals surface area (Å²) >= 11 is 0. The molecule has 1 amide bonds. The van der Waals surface area contributed by atoms with E-state index in [0.717, 1.165) is 44.4 Å². The van der Waals surface area contributed by atoms with Crippen LogP contribution in [0, 0.1) is 11.8 Å². The molecule has 2 saturated carbocycles. The Morgan fingerprint density at radius 3 is 2.56 bits per heavy atom. The highest BCUT2D eigenvalue weighted by molar-refractivity contribution is 5.76. The lowest BCUT2D eigenvalue weighted by Crippen LogP contribution is -2.43. The van der Waals surface area contributed by atoms with Crippen molar-refractivity contribution in [2.24, 2.45) is 11.8 Å². The lowest BCUT2D eigenvalue weighted by Gasteiger charge is -2.38. The van der Waals surface area contributed by atoms with E-state index in [1.807, 2.05) is 0 Å². The van der Waals surface area contributed by atoms with Crippen LogP contribution >= 0.6 is 0 Å². The van der Waals surface area contributed by atoms with Crippen molar-refractivity contribution in [3.63, 3.8) is 0 Å². The zero-order chi connectivity index (χ0) is 12.5. The molecule has 1 atom stereocenters. The highest BCUT2D eigenvalue weighted by Crippen LogP contribution is 2.33. The number of carbonyl (C=O) groups excluding carboxylic acids is 1. The van der Waals surface area contributed by atoms with E-state index in [-0.39, 0.29) is 0 Å². The minimum absolute atomic E-state index is 0.394. The van der Waals surface area contributed by atoms with Gasteiger partial charge in [0.2, 0.25) is 5.91 Å². The fraction of sp³-hybridized carbons (Fsp3) is 0.933. The normalized spacial score (nSPS) is 28.9. The Morgan fingerprint density at radius 1 is 1.17 bits per heavy atom. The molecular formula is C15H26N2O. The summed E-state index contributed by atoms with van der Waals surface area (Å²) in [6, 6.07) is 0.687. The average molecular weight is 250 g/mol. The van der Waals surface area contributed by atoms with Crippen molar-refractivity contribution in [1.82, 2.24) is 9.80 Å². The molecular weight excluding hydrogens is 224 g/mol. The minimum Gasteiger partial charge on any atom is -0.341 e. The molecule has 18 heavy (non-hydrogen) atoms. The van der Waals surface area contributed by atoms with Crippen molar-refractivity contribution < 1.29 is 4.79 Å². The van der Waals surface area contributed by atoms with E-state index < -0.39 is 0 Å². The second kappa shape index (κ2) is 5.20. The van der Waals surface area contributed by atoms with E-state index in [2.05, 4.69) is 16.7 Å². The molecule has 1 heterocycles. The van der Waals surface area contributed by atoms with Crippen LogP contribution in [0.3, 0.4) is 0 Å². The molecule has 0 bridgehead atoms. The van der Waals surface area contributed by atoms with Gasteiger partial charge in [-0.2, -0.15) is 0 Å². The molecule has 0 spiro atoms. The van der Waals surface area contributed by atoms with Gasteiger partial charge in [0.25, 0.3) is 0 Å². The van der Waals surface area contributed by atoms with Crippen LogP contribution in [0.4, 0.5) is 0 Å². The second-order valence-corrected chi connectivity index (χ2v) is 6.50. The fourth-order valence-corrected chi connectivity index (χ4v) is 3.32. The Morgan fingerprint density at radius 2 is 1.94 bits per heavy atom. The van der Waals surface area contributed by atoms with Crippen molar-refractivity contribution in [2.45, 2.75) is 51.5 Å². The number of carbonyl (C=O) groups is 1. The van der Waals surface area contributed by atoms with Crippen LogP contribution in [0.5, 0.6) is 0 Å². The van der Waals surface area contributed by atoms with E-state index in [9.17, 15) is 4.79 Å². The van der Waals surface area contributed by atoms with E-state index in [4.69, 9.17) is 0 Å². The number of nitrogens with zero attached hydrogens (tertiary/aromatic N) is 2. The fourth-order valence-electron chi connectivity index (χ4n) is 3.32. The largest absolute Gasteiger partial charge is 0.341 e. The summed E-state index contributed by atoms with van der Waals surface area (Å²) in [5, 5.41) is 0. The van der Waals surface area contributed by atoms with Gasteiger partial charge in [0.1, 0.15) is 0 Å². The van der Waals surface area contributed by atoms with E-state index >= 15 is 0 Å². The van der Waals surface area contributed by atoms with Crippen LogP contribution in [-0.2, 0) is 4.79 Å². The monoisotopic (exact) mass is 250 g/mol. The van der Waals surface area contributed by atoms with Crippen molar-refractivity contribution in [3.8, 4) is 0 Å². The standard InChI is InChI=1S/C15H26N2O/c1-12(14-3-2-4-14)16-8-7-15(18)17(10-9-16)11-13-5-6-13/h12-14H,2-11H2,1H3/t12-/m0/s1. The number of hydrogen-bond donors (Lipinski definition) is 0. The van der Waals surface area contributed by atoms with E-state index in [1.54, 1.807) is 0 Å². The van der Waals surface area contributed by atoms with Crippen LogP contribution in [0.15, 0.2) is 0 Å². The van der Waals surface area contributed by atoms with Crippen LogP contribution in [0.1, 0.15) is 45.4 Å². The molecule has 3 heteroatoms. The van der Waals surface area contributed by atoms with Crippen LogP contribution in [0.25, 0.3) is 0 Å². The van der Waals surface area contributed by atoms with Crippen LogP contribution < -0.4 is 0 Å². The molecule has 1 saturated heterocycles. The second-order valence-electron chi connectivity index (χ2n) is 6.50. The highest BCUT2D eigenvalue weighted by Gasteiger charge is 2.32. The maximum absolute atomic E-state index is 12.1. The third kappa shape index (κ3) is 2.71. The average Bonchev–Trinajstić information content (AvgIpc) is 3.08. The summed E-state index contributed by atoms with van der Waals surface area (Å²) in [6.45, 7) is 6.44. The summed E-state index contributed by atoms with van der Waals surface area (Å²) in [7, 11) is 0. The first-order valence-electron chi connectivity index (χ1n) is 7.76. The van der Waals surface area contributed by atoms with Crippen molar-refractivity contribution >= 4 is 5.91 Å². The molecule has 3 nitrogen and oxygen atoms in total. The molecule has 102 valence electrons. The van der Waals surface area contributed by atoms with Gasteiger partial charge >= 0.3 is 0 Å². The van der Waals surface area contributed by atoms with E-state index in [0.29, 0.717) is 11.9 Å². The molecule has 3 aliphatic rings. The third-order valence-corrected chi connectivity index (χ3v) is 5.21. The van der Waals surface area contributed by atoms with Crippen LogP contribution in [0.2, 0.25) is 0 Å². The predicted molar refractivity (Wildman–Crippen MR) is 72.3 cm³/mol. The quantitative estimate of drug-likeness (QED) is 0.763. The first-order chi connectivity index (χ1) is 8.74. The number of hydrogen-bond acceptors (Lipinski definition) is 2. The van der Waals surface area contributed by atoms with Gasteiger partial charge in [-0.1, -0.05) is 6.42 Å². The van der Waals surface area contributed by atoms with Crippen molar-refractivity contribution in [1.29, 1.82) is 0 Å². The summed E-state index contributed by atoms with van der Waals surface area (Å²) in [4.78, 5) is 16.8. The third-order valence-electron chi connectivity index (χ3n) is 5.21. The topological polar surface area (TPSA) is 23.6 Å². The molecule has 0 aromatic rings. The molecule has 0 radical (unpaired) electrons. The Labute approximate surface area is 111 Å². The highest BCUT2D eigenvalue weighted by atomic mass is 16.2. The minimum atomic E-state index is 0.394. The first kappa shape index (κ1) is 12.5. The van der Waals surface area contributed by atoms with Gasteiger partial charge in [-0.3, -0.25) is 9.69 Å². The molecule has 0 aromatic heterocycles. The lowest BCUT2D eigenvalue weighted by molar-refractivity contribution is -0.130. The summed E-state index contributed by atoms with van der Waals surface area (Å²) in [5.74, 6) is 2.12. The summed E-state index contributed by atoms with van der Waals surface area (Å²) < 4.78 is 0. The Kier molecular flexibility index (Phi) is 3.60. The number of amides is 1. The van der Waals surface area contributed by atoms with Gasteiger partial charge in [0, 0.05) is 38.6 Å². The molecule has 3 fully saturated rings. The lowest BCUT2D eigenvalue weighted by atomic mass is 9.80. The van der Waals surface area contributed by atoms with Gasteiger partial charge in [-0.15, -0.1) is 0 Å². The van der Waals surface area contributed by atoms with Gasteiger partial charge in [-0.05, 0) is 44.4 Å². The van der Waals surface area contributed by atoms with Gasteiger partial charge < -0.3 is 4.90 Å². The summed E-state index contributed by atoms with van der Waals surface area (Å²) in [5.41, 5.74) is 0. The van der Waals surface area contributed by atoms with Crippen molar-refractivity contribution in [3.05, 3.63) is 0 Å². The first-order valence-corrected chi connectivity index (χ1v) is 7.76. The van der Waals surface area contributed by atoms with Crippen molar-refractivity contribution in [2.75, 3.05) is 26.2 Å². The Hall–Kier alpha value is -0.570. The molecule has 0 unspecified atom stereocenters. The van der Waals surface area contributed by atoms with Gasteiger partial charge in [0.05, 0.1) is 0 Å². The zero-order valence-corrected chi connectivity index (χ0v) is 11.6. The number of rotatable bonds is 4. The maximum atomic E-state index is 12.1. The predicted octanol–water partition coefficient (Wildman–Crippen LogP) is 2.12. The van der Waals surface area contributed by atoms with Gasteiger partial charge in [-0.25, -0.2) is 0 Å². The smallest absolute Gasteiger partial charge is 0.223 e. The molecule has 1 aliphatic heterocycles. The molecule has 2 aliphatic carbocycles.